The molecule has 1 aliphatic heterocycles. The second-order valence-electron chi connectivity index (χ2n) is 5.03. The molecule has 2 N–H and O–H groups in total. The molecular formula is C13H21N3O. The molecule has 1 fully saturated rings. The van der Waals surface area contributed by atoms with Gasteiger partial charge >= 0.3 is 0 Å². The van der Waals surface area contributed by atoms with Gasteiger partial charge in [0.1, 0.15) is 5.60 Å². The molecule has 0 unspecified atom stereocenters. The molecule has 1 aliphatic rings. The van der Waals surface area contributed by atoms with Crippen LogP contribution in [0.25, 0.3) is 0 Å². The van der Waals surface area contributed by atoms with Crippen molar-refractivity contribution >= 4 is 0 Å². The number of rotatable bonds is 3. The normalized spacial score (nSPS) is 20.2. The zero-order valence-electron chi connectivity index (χ0n) is 10.6. The lowest BCUT2D eigenvalue weighted by molar-refractivity contribution is 0.0195. The van der Waals surface area contributed by atoms with Crippen LogP contribution >= 0.6 is 0 Å². The third kappa shape index (κ3) is 2.96. The summed E-state index contributed by atoms with van der Waals surface area (Å²) in [5, 5.41) is 0. The van der Waals surface area contributed by atoms with Crippen molar-refractivity contribution in [2.24, 2.45) is 5.73 Å². The predicted molar refractivity (Wildman–Crippen MR) is 67.9 cm³/mol. The monoisotopic (exact) mass is 235 g/mol. The fourth-order valence-electron chi connectivity index (χ4n) is 2.10. The highest BCUT2D eigenvalue weighted by molar-refractivity contribution is 5.25. The number of pyridine rings is 1. The molecule has 0 radical (unpaired) electrons. The van der Waals surface area contributed by atoms with E-state index in [2.05, 4.69) is 23.9 Å². The summed E-state index contributed by atoms with van der Waals surface area (Å²) in [5.41, 5.74) is 6.57. The molecule has 94 valence electrons. The number of hydrogen-bond donors (Lipinski definition) is 1. The Labute approximate surface area is 103 Å². The molecule has 0 aliphatic carbocycles. The first-order valence-corrected chi connectivity index (χ1v) is 6.14. The standard InChI is InChI=1S/C13H21N3O/c1-13(5-8-16(2)9-6-13)17-12-11(10-14)4-3-7-15-12/h3-4,7H,5-6,8-10,14H2,1-2H3. The Morgan fingerprint density at radius 3 is 2.82 bits per heavy atom. The minimum atomic E-state index is -0.106. The van der Waals surface area contributed by atoms with E-state index in [0.717, 1.165) is 31.5 Å². The summed E-state index contributed by atoms with van der Waals surface area (Å²) in [5.74, 6) is 0.696. The molecule has 0 atom stereocenters. The largest absolute Gasteiger partial charge is 0.471 e. The van der Waals surface area contributed by atoms with Crippen LogP contribution in [-0.4, -0.2) is 35.6 Å². The summed E-state index contributed by atoms with van der Waals surface area (Å²) in [6.07, 6.45) is 3.82. The van der Waals surface area contributed by atoms with Gasteiger partial charge in [0.15, 0.2) is 0 Å². The van der Waals surface area contributed by atoms with Crippen LogP contribution in [0.1, 0.15) is 25.3 Å². The van der Waals surface area contributed by atoms with Crippen LogP contribution in [0.3, 0.4) is 0 Å². The minimum Gasteiger partial charge on any atom is -0.471 e. The van der Waals surface area contributed by atoms with Gasteiger partial charge in [-0.1, -0.05) is 6.07 Å². The van der Waals surface area contributed by atoms with E-state index in [1.807, 2.05) is 12.1 Å². The second-order valence-corrected chi connectivity index (χ2v) is 5.03. The van der Waals surface area contributed by atoms with Gasteiger partial charge in [-0.2, -0.15) is 0 Å². The van der Waals surface area contributed by atoms with Crippen LogP contribution in [0.5, 0.6) is 5.88 Å². The van der Waals surface area contributed by atoms with Gasteiger partial charge in [-0.3, -0.25) is 0 Å². The Kier molecular flexibility index (Phi) is 3.64. The topological polar surface area (TPSA) is 51.4 Å². The van der Waals surface area contributed by atoms with Gasteiger partial charge < -0.3 is 15.4 Å². The molecule has 0 spiro atoms. The molecule has 2 heterocycles. The summed E-state index contributed by atoms with van der Waals surface area (Å²) in [6.45, 7) is 4.77. The smallest absolute Gasteiger partial charge is 0.218 e. The average molecular weight is 235 g/mol. The fraction of sp³-hybridized carbons (Fsp3) is 0.615. The van der Waals surface area contributed by atoms with E-state index in [0.29, 0.717) is 12.4 Å². The van der Waals surface area contributed by atoms with Crippen LogP contribution in [0.2, 0.25) is 0 Å². The minimum absolute atomic E-state index is 0.106. The molecule has 1 aromatic rings. The first-order chi connectivity index (χ1) is 8.13. The van der Waals surface area contributed by atoms with Crippen molar-refractivity contribution in [2.75, 3.05) is 20.1 Å². The maximum absolute atomic E-state index is 6.10. The van der Waals surface area contributed by atoms with E-state index in [1.54, 1.807) is 6.20 Å². The highest BCUT2D eigenvalue weighted by Gasteiger charge is 2.31. The zero-order chi connectivity index (χ0) is 12.3. The van der Waals surface area contributed by atoms with Crippen molar-refractivity contribution in [3.05, 3.63) is 23.9 Å². The highest BCUT2D eigenvalue weighted by Crippen LogP contribution is 2.28. The lowest BCUT2D eigenvalue weighted by Crippen LogP contribution is -2.44. The van der Waals surface area contributed by atoms with Gasteiger partial charge in [0.25, 0.3) is 0 Å². The molecule has 4 nitrogen and oxygen atoms in total. The van der Waals surface area contributed by atoms with Crippen molar-refractivity contribution in [2.45, 2.75) is 31.9 Å². The molecule has 2 rings (SSSR count). The number of ether oxygens (including phenoxy) is 1. The van der Waals surface area contributed by atoms with E-state index in [4.69, 9.17) is 10.5 Å². The van der Waals surface area contributed by atoms with Crippen LogP contribution in [0.15, 0.2) is 18.3 Å². The van der Waals surface area contributed by atoms with Gasteiger partial charge in [-0.05, 0) is 32.9 Å². The summed E-state index contributed by atoms with van der Waals surface area (Å²) < 4.78 is 6.10. The van der Waals surface area contributed by atoms with Crippen molar-refractivity contribution in [1.29, 1.82) is 0 Å². The summed E-state index contributed by atoms with van der Waals surface area (Å²) >= 11 is 0. The molecular weight excluding hydrogens is 214 g/mol. The second kappa shape index (κ2) is 5.02. The molecule has 17 heavy (non-hydrogen) atoms. The summed E-state index contributed by atoms with van der Waals surface area (Å²) in [6, 6.07) is 3.87. The highest BCUT2D eigenvalue weighted by atomic mass is 16.5. The van der Waals surface area contributed by atoms with E-state index in [-0.39, 0.29) is 5.60 Å². The van der Waals surface area contributed by atoms with E-state index in [1.165, 1.54) is 0 Å². The third-order valence-corrected chi connectivity index (χ3v) is 3.46. The van der Waals surface area contributed by atoms with Gasteiger partial charge in [0.2, 0.25) is 5.88 Å². The van der Waals surface area contributed by atoms with Crippen LogP contribution in [-0.2, 0) is 6.54 Å². The van der Waals surface area contributed by atoms with Gasteiger partial charge in [-0.15, -0.1) is 0 Å². The Hall–Kier alpha value is -1.13. The lowest BCUT2D eigenvalue weighted by Gasteiger charge is -2.38. The van der Waals surface area contributed by atoms with Crippen LogP contribution in [0.4, 0.5) is 0 Å². The lowest BCUT2D eigenvalue weighted by atomic mass is 9.93. The number of hydrogen-bond acceptors (Lipinski definition) is 4. The van der Waals surface area contributed by atoms with E-state index < -0.39 is 0 Å². The summed E-state index contributed by atoms with van der Waals surface area (Å²) in [4.78, 5) is 6.62. The van der Waals surface area contributed by atoms with Crippen LogP contribution in [0, 0.1) is 0 Å². The van der Waals surface area contributed by atoms with Crippen molar-refractivity contribution in [1.82, 2.24) is 9.88 Å². The molecule has 0 amide bonds. The Balaban J connectivity index is 2.09. The molecule has 0 saturated carbocycles. The maximum Gasteiger partial charge on any atom is 0.218 e. The zero-order valence-corrected chi connectivity index (χ0v) is 10.6. The number of nitrogens with zero attached hydrogens (tertiary/aromatic N) is 2. The molecule has 1 saturated heterocycles. The van der Waals surface area contributed by atoms with Crippen molar-refractivity contribution < 1.29 is 4.74 Å². The molecule has 0 aromatic carbocycles. The first-order valence-electron chi connectivity index (χ1n) is 6.14. The SMILES string of the molecule is CN1CCC(C)(Oc2ncccc2CN)CC1. The summed E-state index contributed by atoms with van der Waals surface area (Å²) in [7, 11) is 2.14. The van der Waals surface area contributed by atoms with Gasteiger partial charge in [-0.25, -0.2) is 4.98 Å². The van der Waals surface area contributed by atoms with Crippen molar-refractivity contribution in [3.8, 4) is 5.88 Å². The molecule has 1 aromatic heterocycles. The Morgan fingerprint density at radius 1 is 1.47 bits per heavy atom. The third-order valence-electron chi connectivity index (χ3n) is 3.46. The average Bonchev–Trinajstić information content (AvgIpc) is 2.34. The van der Waals surface area contributed by atoms with Gasteiger partial charge in [0, 0.05) is 31.4 Å². The fourth-order valence-corrected chi connectivity index (χ4v) is 2.10. The predicted octanol–water partition coefficient (Wildman–Crippen LogP) is 1.40. The van der Waals surface area contributed by atoms with Crippen molar-refractivity contribution in [3.63, 3.8) is 0 Å². The number of piperidine rings is 1. The molecule has 0 bridgehead atoms. The quantitative estimate of drug-likeness (QED) is 0.860. The van der Waals surface area contributed by atoms with Gasteiger partial charge in [0.05, 0.1) is 0 Å². The number of likely N-dealkylation sites (tertiary alicyclic amines) is 1. The maximum atomic E-state index is 6.10. The number of nitrogens with two attached hydrogens (primary N) is 1. The Morgan fingerprint density at radius 2 is 2.18 bits per heavy atom. The van der Waals surface area contributed by atoms with Crippen LogP contribution < -0.4 is 10.5 Å². The number of aromatic nitrogens is 1. The molecule has 4 heteroatoms. The van der Waals surface area contributed by atoms with E-state index >= 15 is 0 Å². The first kappa shape index (κ1) is 12.3. The van der Waals surface area contributed by atoms with E-state index in [9.17, 15) is 0 Å². The Bertz CT molecular complexity index is 373.